The SMILES string of the molecule is CC/C=C\C/C=C\C/C=C\C/C=C\C/C=C\CCCCCC(=O)OC(COC(=O)CCCCCCCCCCCCCCCCCCCCCCCCCCCCCCC)COC(OCC[N+](C)(C)C)C(=O)O. The van der Waals surface area contributed by atoms with Crippen LogP contribution in [-0.2, 0) is 33.3 Å². The van der Waals surface area contributed by atoms with Crippen molar-refractivity contribution in [3.05, 3.63) is 60.8 Å². The summed E-state index contributed by atoms with van der Waals surface area (Å²) in [6, 6.07) is 0. The molecule has 73 heavy (non-hydrogen) atoms. The number of ether oxygens (including phenoxy) is 4. The largest absolute Gasteiger partial charge is 0.477 e. The first kappa shape index (κ1) is 70.0. The normalized spacial score (nSPS) is 13.2. The highest BCUT2D eigenvalue weighted by Gasteiger charge is 2.25. The van der Waals surface area contributed by atoms with Gasteiger partial charge >= 0.3 is 17.9 Å². The van der Waals surface area contributed by atoms with Crippen LogP contribution in [0.4, 0.5) is 0 Å². The molecule has 0 aromatic rings. The van der Waals surface area contributed by atoms with Gasteiger partial charge in [0.2, 0.25) is 0 Å². The quantitative estimate of drug-likeness (QED) is 0.0211. The van der Waals surface area contributed by atoms with Crippen molar-refractivity contribution < 1.29 is 42.9 Å². The molecule has 0 amide bonds. The summed E-state index contributed by atoms with van der Waals surface area (Å²) in [6.07, 6.45) is 67.5. The van der Waals surface area contributed by atoms with Gasteiger partial charge in [0.1, 0.15) is 13.2 Å². The van der Waals surface area contributed by atoms with Gasteiger partial charge in [-0.15, -0.1) is 0 Å². The Kier molecular flexibility index (Phi) is 53.0. The molecule has 0 fully saturated rings. The van der Waals surface area contributed by atoms with Crippen molar-refractivity contribution in [3.63, 3.8) is 0 Å². The molecule has 2 atom stereocenters. The first-order chi connectivity index (χ1) is 35.6. The van der Waals surface area contributed by atoms with Crippen molar-refractivity contribution in [1.82, 2.24) is 0 Å². The first-order valence-corrected chi connectivity index (χ1v) is 30.5. The fourth-order valence-electron chi connectivity index (χ4n) is 8.63. The topological polar surface area (TPSA) is 108 Å². The van der Waals surface area contributed by atoms with Crippen molar-refractivity contribution in [3.8, 4) is 0 Å². The summed E-state index contributed by atoms with van der Waals surface area (Å²) in [5.74, 6) is -2.04. The molecule has 1 N–H and O–H groups in total. The third-order valence-electron chi connectivity index (χ3n) is 13.3. The number of hydrogen-bond donors (Lipinski definition) is 1. The van der Waals surface area contributed by atoms with Crippen LogP contribution in [0.5, 0.6) is 0 Å². The smallest absolute Gasteiger partial charge is 0.361 e. The Bertz CT molecular complexity index is 1380. The molecule has 9 heteroatoms. The maximum Gasteiger partial charge on any atom is 0.361 e. The number of aliphatic carboxylic acids is 1. The van der Waals surface area contributed by atoms with Crippen molar-refractivity contribution in [2.75, 3.05) is 47.5 Å². The van der Waals surface area contributed by atoms with Crippen LogP contribution in [0, 0.1) is 0 Å². The van der Waals surface area contributed by atoms with E-state index in [-0.39, 0.29) is 32.2 Å². The van der Waals surface area contributed by atoms with Crippen LogP contribution < -0.4 is 0 Å². The highest BCUT2D eigenvalue weighted by molar-refractivity contribution is 5.71. The van der Waals surface area contributed by atoms with E-state index in [0.29, 0.717) is 23.9 Å². The molecule has 0 radical (unpaired) electrons. The van der Waals surface area contributed by atoms with E-state index in [4.69, 9.17) is 18.9 Å². The summed E-state index contributed by atoms with van der Waals surface area (Å²) in [5.41, 5.74) is 0. The summed E-state index contributed by atoms with van der Waals surface area (Å²) < 4.78 is 22.9. The third-order valence-corrected chi connectivity index (χ3v) is 13.3. The van der Waals surface area contributed by atoms with Crippen molar-refractivity contribution in [2.24, 2.45) is 0 Å². The second-order valence-electron chi connectivity index (χ2n) is 21.6. The van der Waals surface area contributed by atoms with Gasteiger partial charge in [-0.25, -0.2) is 4.79 Å². The minimum absolute atomic E-state index is 0.180. The fourth-order valence-corrected chi connectivity index (χ4v) is 8.63. The summed E-state index contributed by atoms with van der Waals surface area (Å²) in [7, 11) is 5.96. The monoisotopic (exact) mass is 1030 g/mol. The van der Waals surface area contributed by atoms with Crippen LogP contribution in [-0.4, -0.2) is 87.4 Å². The number of rotatable bonds is 56. The minimum Gasteiger partial charge on any atom is -0.477 e. The van der Waals surface area contributed by atoms with Crippen molar-refractivity contribution >= 4 is 17.9 Å². The van der Waals surface area contributed by atoms with E-state index in [0.717, 1.165) is 70.6 Å². The maximum atomic E-state index is 12.9. The molecular formula is C64H116NO8+. The average Bonchev–Trinajstić information content (AvgIpc) is 3.36. The number of allylic oxidation sites excluding steroid dienone is 10. The number of likely N-dealkylation sites (N-methyl/N-ethyl adjacent to an activating group) is 1. The summed E-state index contributed by atoms with van der Waals surface area (Å²) >= 11 is 0. The lowest BCUT2D eigenvalue weighted by molar-refractivity contribution is -0.870. The molecule has 0 bridgehead atoms. The number of carbonyl (C=O) groups is 3. The molecule has 0 heterocycles. The van der Waals surface area contributed by atoms with Gasteiger partial charge in [-0.3, -0.25) is 9.59 Å². The van der Waals surface area contributed by atoms with Gasteiger partial charge in [-0.2, -0.15) is 0 Å². The van der Waals surface area contributed by atoms with Crippen molar-refractivity contribution in [2.45, 2.75) is 283 Å². The highest BCUT2D eigenvalue weighted by Crippen LogP contribution is 2.17. The number of esters is 2. The molecule has 0 spiro atoms. The molecule has 0 rings (SSSR count). The summed E-state index contributed by atoms with van der Waals surface area (Å²) in [6.45, 7) is 4.75. The van der Waals surface area contributed by atoms with Crippen LogP contribution in [0.15, 0.2) is 60.8 Å². The molecule has 0 aromatic carbocycles. The zero-order valence-corrected chi connectivity index (χ0v) is 48.3. The van der Waals surface area contributed by atoms with Gasteiger partial charge in [0.15, 0.2) is 6.10 Å². The molecule has 0 aliphatic rings. The molecule has 0 saturated carbocycles. The summed E-state index contributed by atoms with van der Waals surface area (Å²) in [4.78, 5) is 37.4. The van der Waals surface area contributed by atoms with E-state index < -0.39 is 24.3 Å². The lowest BCUT2D eigenvalue weighted by Gasteiger charge is -2.25. The fraction of sp³-hybridized carbons (Fsp3) is 0.797. The van der Waals surface area contributed by atoms with Crippen LogP contribution in [0.3, 0.4) is 0 Å². The third kappa shape index (κ3) is 56.6. The molecule has 0 saturated heterocycles. The molecule has 0 aliphatic carbocycles. The number of quaternary nitrogens is 1. The zero-order chi connectivity index (χ0) is 53.4. The van der Waals surface area contributed by atoms with E-state index >= 15 is 0 Å². The maximum absolute atomic E-state index is 12.9. The predicted octanol–water partition coefficient (Wildman–Crippen LogP) is 18.0. The lowest BCUT2D eigenvalue weighted by Crippen LogP contribution is -2.40. The number of unbranched alkanes of at least 4 members (excludes halogenated alkanes) is 31. The van der Waals surface area contributed by atoms with E-state index in [9.17, 15) is 19.5 Å². The van der Waals surface area contributed by atoms with E-state index in [1.54, 1.807) is 0 Å². The standard InChI is InChI=1S/C64H115NO8/c1-6-8-10-12-14-16-18-20-22-24-26-27-28-29-30-31-32-33-34-35-37-38-40-42-44-46-48-50-52-54-61(66)71-58-60(59-72-64(63(68)69)70-57-56-65(3,4)5)73-62(67)55-53-51-49-47-45-43-41-39-36-25-23-21-19-17-15-13-11-9-7-2/h9,11,15,17,21,23,36,39,43,45,60,64H,6-8,10,12-14,16,18-20,22,24-35,37-38,40-42,44,46-59H2,1-5H3/p+1/b11-9-,17-15-,23-21-,39-36-,45-43-. The minimum atomic E-state index is -1.52. The second-order valence-corrected chi connectivity index (χ2v) is 21.6. The number of hydrogen-bond acceptors (Lipinski definition) is 7. The first-order valence-electron chi connectivity index (χ1n) is 30.5. The van der Waals surface area contributed by atoms with Gasteiger partial charge < -0.3 is 28.5 Å². The van der Waals surface area contributed by atoms with Gasteiger partial charge in [-0.1, -0.05) is 261 Å². The Hall–Kier alpha value is -3.01. The molecular weight excluding hydrogens is 911 g/mol. The Morgan fingerprint density at radius 3 is 1.16 bits per heavy atom. The van der Waals surface area contributed by atoms with Gasteiger partial charge in [-0.05, 0) is 57.8 Å². The van der Waals surface area contributed by atoms with Gasteiger partial charge in [0.25, 0.3) is 6.29 Å². The highest BCUT2D eigenvalue weighted by atomic mass is 16.7. The Labute approximate surface area is 450 Å². The Morgan fingerprint density at radius 2 is 0.781 bits per heavy atom. The average molecular weight is 1030 g/mol. The zero-order valence-electron chi connectivity index (χ0n) is 48.3. The van der Waals surface area contributed by atoms with Crippen LogP contribution in [0.2, 0.25) is 0 Å². The van der Waals surface area contributed by atoms with Crippen LogP contribution in [0.1, 0.15) is 271 Å². The molecule has 0 aliphatic heterocycles. The number of carbonyl (C=O) groups excluding carboxylic acids is 2. The Morgan fingerprint density at radius 1 is 0.425 bits per heavy atom. The van der Waals surface area contributed by atoms with Crippen molar-refractivity contribution in [1.29, 1.82) is 0 Å². The molecule has 2 unspecified atom stereocenters. The van der Waals surface area contributed by atoms with Crippen LogP contribution in [0.25, 0.3) is 0 Å². The number of nitrogens with zero attached hydrogens (tertiary/aromatic N) is 1. The van der Waals surface area contributed by atoms with Gasteiger partial charge in [0, 0.05) is 12.8 Å². The molecule has 0 aromatic heterocycles. The lowest BCUT2D eigenvalue weighted by atomic mass is 10.0. The second kappa shape index (κ2) is 55.2. The number of carboxylic acids is 1. The molecule has 424 valence electrons. The van der Waals surface area contributed by atoms with E-state index in [2.05, 4.69) is 74.6 Å². The molecule has 9 nitrogen and oxygen atoms in total. The Balaban J connectivity index is 4.17. The van der Waals surface area contributed by atoms with Gasteiger partial charge in [0.05, 0.1) is 34.4 Å². The number of carboxylic acid groups (broad SMARTS) is 1. The van der Waals surface area contributed by atoms with Crippen LogP contribution >= 0.6 is 0 Å². The summed E-state index contributed by atoms with van der Waals surface area (Å²) in [5, 5.41) is 9.70. The van der Waals surface area contributed by atoms with E-state index in [1.807, 2.05) is 21.1 Å². The van der Waals surface area contributed by atoms with E-state index in [1.165, 1.54) is 167 Å². The predicted molar refractivity (Wildman–Crippen MR) is 309 cm³/mol.